The molecule has 0 radical (unpaired) electrons. The van der Waals surface area contributed by atoms with Gasteiger partial charge in [0.05, 0.1) is 11.8 Å². The van der Waals surface area contributed by atoms with Crippen LogP contribution in [0.2, 0.25) is 0 Å². The van der Waals surface area contributed by atoms with Gasteiger partial charge in [-0.15, -0.1) is 0 Å². The van der Waals surface area contributed by atoms with E-state index in [1.165, 1.54) is 12.3 Å². The average molecular weight is 318 g/mol. The van der Waals surface area contributed by atoms with E-state index in [1.807, 2.05) is 6.92 Å². The Kier molecular flexibility index (Phi) is 4.73. The summed E-state index contributed by atoms with van der Waals surface area (Å²) in [6.07, 6.45) is 4.42. The van der Waals surface area contributed by atoms with Crippen molar-refractivity contribution in [3.05, 3.63) is 35.2 Å². The molecule has 1 aliphatic heterocycles. The van der Waals surface area contributed by atoms with Crippen molar-refractivity contribution in [2.24, 2.45) is 10.8 Å². The predicted octanol–water partition coefficient (Wildman–Crippen LogP) is 3.24. The van der Waals surface area contributed by atoms with E-state index in [0.717, 1.165) is 29.8 Å². The second-order valence-corrected chi connectivity index (χ2v) is 6.26. The number of carbonyl (C=O) groups excluding carboxylic acids is 1. The zero-order chi connectivity index (χ0) is 17.2. The molecule has 0 spiro atoms. The summed E-state index contributed by atoms with van der Waals surface area (Å²) in [5.74, 6) is -0.384. The minimum absolute atomic E-state index is 0.164. The number of nitrogens with two attached hydrogens (primary N) is 1. The predicted molar refractivity (Wildman–Crippen MR) is 92.1 cm³/mol. The number of nitrogens with one attached hydrogen (secondary N) is 1. The number of anilines is 1. The van der Waals surface area contributed by atoms with E-state index >= 15 is 0 Å². The quantitative estimate of drug-likeness (QED) is 0.661. The molecule has 0 aromatic heterocycles. The third-order valence-corrected chi connectivity index (χ3v) is 3.92. The zero-order valence-electron chi connectivity index (χ0n) is 14.0. The highest BCUT2D eigenvalue weighted by Crippen LogP contribution is 2.39. The number of halogens is 1. The van der Waals surface area contributed by atoms with Crippen LogP contribution in [0.1, 0.15) is 45.2 Å². The van der Waals surface area contributed by atoms with Gasteiger partial charge in [0, 0.05) is 23.4 Å². The summed E-state index contributed by atoms with van der Waals surface area (Å²) < 4.78 is 14.4. The molecule has 0 saturated carbocycles. The van der Waals surface area contributed by atoms with Gasteiger partial charge in [0.25, 0.3) is 0 Å². The minimum Gasteiger partial charge on any atom is -0.362 e. The van der Waals surface area contributed by atoms with E-state index in [4.69, 9.17) is 5.73 Å². The van der Waals surface area contributed by atoms with E-state index in [1.54, 1.807) is 6.07 Å². The van der Waals surface area contributed by atoms with E-state index in [0.29, 0.717) is 5.56 Å². The number of hydrazone groups is 1. The molecule has 1 aromatic carbocycles. The van der Waals surface area contributed by atoms with Crippen LogP contribution in [0.15, 0.2) is 23.3 Å². The fourth-order valence-electron chi connectivity index (χ4n) is 3.01. The SMILES string of the molecule is CCCN1c2cc(F)c(/C=N\NC(N)=O)cc2C(C)=CC1(C)C. The Bertz CT molecular complexity index is 679. The molecule has 5 nitrogen and oxygen atoms in total. The van der Waals surface area contributed by atoms with Crippen LogP contribution in [0.25, 0.3) is 5.57 Å². The Morgan fingerprint density at radius 3 is 2.78 bits per heavy atom. The maximum Gasteiger partial charge on any atom is 0.332 e. The summed E-state index contributed by atoms with van der Waals surface area (Å²) in [4.78, 5) is 12.8. The van der Waals surface area contributed by atoms with E-state index in [-0.39, 0.29) is 11.4 Å². The second kappa shape index (κ2) is 6.40. The molecule has 0 bridgehead atoms. The van der Waals surface area contributed by atoms with Crippen molar-refractivity contribution < 1.29 is 9.18 Å². The molecule has 3 N–H and O–H groups in total. The van der Waals surface area contributed by atoms with Crippen molar-refractivity contribution in [3.8, 4) is 0 Å². The maximum atomic E-state index is 14.4. The first-order valence-corrected chi connectivity index (χ1v) is 7.65. The first-order chi connectivity index (χ1) is 10.8. The Hall–Kier alpha value is -2.37. The van der Waals surface area contributed by atoms with Crippen molar-refractivity contribution in [2.45, 2.75) is 39.7 Å². The van der Waals surface area contributed by atoms with Gasteiger partial charge in [0.1, 0.15) is 5.82 Å². The van der Waals surface area contributed by atoms with Crippen LogP contribution < -0.4 is 16.1 Å². The minimum atomic E-state index is -0.786. The molecule has 0 saturated heterocycles. The number of allylic oxidation sites excluding steroid dienone is 1. The molecule has 0 unspecified atom stereocenters. The van der Waals surface area contributed by atoms with Crippen molar-refractivity contribution in [1.82, 2.24) is 5.43 Å². The number of fused-ring (bicyclic) bond motifs is 1. The molecule has 0 fully saturated rings. The van der Waals surface area contributed by atoms with Gasteiger partial charge in [-0.25, -0.2) is 14.6 Å². The van der Waals surface area contributed by atoms with Crippen molar-refractivity contribution in [2.75, 3.05) is 11.4 Å². The summed E-state index contributed by atoms with van der Waals surface area (Å²) in [6.45, 7) is 9.22. The lowest BCUT2D eigenvalue weighted by molar-refractivity contribution is 0.249. The molecular weight excluding hydrogens is 295 g/mol. The van der Waals surface area contributed by atoms with Crippen LogP contribution in [0.3, 0.4) is 0 Å². The van der Waals surface area contributed by atoms with Gasteiger partial charge in [-0.3, -0.25) is 0 Å². The molecule has 124 valence electrons. The van der Waals surface area contributed by atoms with Crippen LogP contribution in [0.4, 0.5) is 14.9 Å². The molecule has 2 amide bonds. The van der Waals surface area contributed by atoms with E-state index < -0.39 is 6.03 Å². The van der Waals surface area contributed by atoms with E-state index in [9.17, 15) is 9.18 Å². The number of hydrogen-bond donors (Lipinski definition) is 2. The van der Waals surface area contributed by atoms with Gasteiger partial charge in [-0.2, -0.15) is 5.10 Å². The molecule has 1 aliphatic rings. The van der Waals surface area contributed by atoms with Crippen molar-refractivity contribution in [1.29, 1.82) is 0 Å². The topological polar surface area (TPSA) is 70.7 Å². The highest BCUT2D eigenvalue weighted by Gasteiger charge is 2.31. The third kappa shape index (κ3) is 3.52. The fraction of sp³-hybridized carbons (Fsp3) is 0.412. The maximum absolute atomic E-state index is 14.4. The number of amides is 2. The molecule has 1 aromatic rings. The monoisotopic (exact) mass is 318 g/mol. The van der Waals surface area contributed by atoms with Crippen LogP contribution in [0.5, 0.6) is 0 Å². The highest BCUT2D eigenvalue weighted by atomic mass is 19.1. The van der Waals surface area contributed by atoms with Crippen molar-refractivity contribution in [3.63, 3.8) is 0 Å². The standard InChI is InChI=1S/C17H23FN4O/c1-5-6-22-15-8-14(18)12(10-20-21-16(19)23)7-13(15)11(2)9-17(22,3)4/h7-10H,5-6H2,1-4H3,(H3,19,21,23)/b20-10-. The van der Waals surface area contributed by atoms with Crippen LogP contribution in [0, 0.1) is 5.82 Å². The number of urea groups is 1. The van der Waals surface area contributed by atoms with E-state index in [2.05, 4.69) is 42.3 Å². The second-order valence-electron chi connectivity index (χ2n) is 6.26. The fourth-order valence-corrected chi connectivity index (χ4v) is 3.01. The first kappa shape index (κ1) is 17.0. The lowest BCUT2D eigenvalue weighted by atomic mass is 9.88. The average Bonchev–Trinajstić information content (AvgIpc) is 2.43. The van der Waals surface area contributed by atoms with Crippen molar-refractivity contribution >= 4 is 23.5 Å². The number of hydrogen-bond acceptors (Lipinski definition) is 3. The molecule has 2 rings (SSSR count). The number of carbonyl (C=O) groups is 1. The highest BCUT2D eigenvalue weighted by molar-refractivity contribution is 5.88. The summed E-state index contributed by atoms with van der Waals surface area (Å²) in [5, 5.41) is 3.64. The van der Waals surface area contributed by atoms with Gasteiger partial charge in [0.15, 0.2) is 0 Å². The number of primary amides is 1. The summed E-state index contributed by atoms with van der Waals surface area (Å²) in [5.41, 5.74) is 10.1. The van der Waals surface area contributed by atoms with Gasteiger partial charge in [-0.1, -0.05) is 13.0 Å². The Morgan fingerprint density at radius 2 is 2.17 bits per heavy atom. The smallest absolute Gasteiger partial charge is 0.332 e. The zero-order valence-corrected chi connectivity index (χ0v) is 14.0. The molecular formula is C17H23FN4O. The molecule has 0 atom stereocenters. The Balaban J connectivity index is 2.48. The van der Waals surface area contributed by atoms with Crippen LogP contribution in [-0.4, -0.2) is 24.3 Å². The summed E-state index contributed by atoms with van der Waals surface area (Å²) in [6, 6.07) is 2.50. The van der Waals surface area contributed by atoms with Gasteiger partial charge in [-0.05, 0) is 44.9 Å². The molecule has 1 heterocycles. The molecule has 0 aliphatic carbocycles. The third-order valence-electron chi connectivity index (χ3n) is 3.92. The number of benzene rings is 1. The molecule has 23 heavy (non-hydrogen) atoms. The van der Waals surface area contributed by atoms with Gasteiger partial charge >= 0.3 is 6.03 Å². The van der Waals surface area contributed by atoms with Gasteiger partial charge in [0.2, 0.25) is 0 Å². The lowest BCUT2D eigenvalue weighted by Gasteiger charge is -2.43. The van der Waals surface area contributed by atoms with Crippen LogP contribution >= 0.6 is 0 Å². The largest absolute Gasteiger partial charge is 0.362 e. The first-order valence-electron chi connectivity index (χ1n) is 7.65. The molecule has 6 heteroatoms. The Labute approximate surface area is 136 Å². The normalized spacial score (nSPS) is 16.2. The summed E-state index contributed by atoms with van der Waals surface area (Å²) in [7, 11) is 0. The summed E-state index contributed by atoms with van der Waals surface area (Å²) >= 11 is 0. The lowest BCUT2D eigenvalue weighted by Crippen LogP contribution is -2.45. The number of nitrogens with zero attached hydrogens (tertiary/aromatic N) is 2. The Morgan fingerprint density at radius 1 is 1.48 bits per heavy atom. The van der Waals surface area contributed by atoms with Gasteiger partial charge < -0.3 is 10.6 Å². The van der Waals surface area contributed by atoms with Crippen LogP contribution in [-0.2, 0) is 0 Å². The number of rotatable bonds is 4.